The first-order valence-electron chi connectivity index (χ1n) is 5.27. The van der Waals surface area contributed by atoms with Gasteiger partial charge in [0, 0.05) is 11.4 Å². The molecule has 0 atom stereocenters. The van der Waals surface area contributed by atoms with Crippen molar-refractivity contribution >= 4 is 11.3 Å². The maximum Gasteiger partial charge on any atom is 0.122 e. The molecule has 0 amide bonds. The first-order valence-corrected chi connectivity index (χ1v) is 6.15. The molecule has 2 aromatic rings. The number of benzene rings is 1. The van der Waals surface area contributed by atoms with Crippen LogP contribution in [-0.4, -0.2) is 7.05 Å². The highest BCUT2D eigenvalue weighted by atomic mass is 32.1. The van der Waals surface area contributed by atoms with E-state index in [0.29, 0.717) is 6.61 Å². The molecular formula is C13H15NOS. The van der Waals surface area contributed by atoms with Gasteiger partial charge in [-0.1, -0.05) is 18.2 Å². The lowest BCUT2D eigenvalue weighted by Gasteiger charge is -2.06. The third kappa shape index (κ3) is 3.08. The van der Waals surface area contributed by atoms with Gasteiger partial charge < -0.3 is 10.1 Å². The molecule has 0 radical (unpaired) electrons. The second-order valence-electron chi connectivity index (χ2n) is 3.55. The van der Waals surface area contributed by atoms with Gasteiger partial charge in [0.2, 0.25) is 0 Å². The van der Waals surface area contributed by atoms with Crippen molar-refractivity contribution in [2.24, 2.45) is 0 Å². The monoisotopic (exact) mass is 233 g/mol. The summed E-state index contributed by atoms with van der Waals surface area (Å²) in [4.78, 5) is 1.25. The van der Waals surface area contributed by atoms with Crippen LogP contribution < -0.4 is 10.1 Å². The fraction of sp³-hybridized carbons (Fsp3) is 0.231. The summed E-state index contributed by atoms with van der Waals surface area (Å²) in [5.74, 6) is 0.932. The number of thiophene rings is 1. The van der Waals surface area contributed by atoms with Gasteiger partial charge in [-0.05, 0) is 36.2 Å². The molecule has 0 fully saturated rings. The molecule has 0 saturated heterocycles. The molecule has 1 N–H and O–H groups in total. The Kier molecular flexibility index (Phi) is 3.97. The number of ether oxygens (including phenoxy) is 1. The highest BCUT2D eigenvalue weighted by Crippen LogP contribution is 2.16. The molecule has 0 spiro atoms. The molecule has 0 unspecified atom stereocenters. The Labute approximate surface area is 99.9 Å². The molecule has 3 heteroatoms. The Morgan fingerprint density at radius 1 is 1.25 bits per heavy atom. The lowest BCUT2D eigenvalue weighted by molar-refractivity contribution is 0.309. The summed E-state index contributed by atoms with van der Waals surface area (Å²) in [7, 11) is 1.94. The zero-order valence-corrected chi connectivity index (χ0v) is 10.1. The molecule has 16 heavy (non-hydrogen) atoms. The van der Waals surface area contributed by atoms with E-state index >= 15 is 0 Å². The maximum absolute atomic E-state index is 5.72. The van der Waals surface area contributed by atoms with E-state index in [-0.39, 0.29) is 0 Å². The minimum absolute atomic E-state index is 0.653. The van der Waals surface area contributed by atoms with Crippen molar-refractivity contribution < 1.29 is 4.74 Å². The van der Waals surface area contributed by atoms with E-state index in [9.17, 15) is 0 Å². The number of hydrogen-bond acceptors (Lipinski definition) is 3. The van der Waals surface area contributed by atoms with Crippen LogP contribution in [0.1, 0.15) is 10.4 Å². The SMILES string of the molecule is CNCc1cccc(OCc2cccs2)c1. The van der Waals surface area contributed by atoms with Crippen molar-refractivity contribution in [2.75, 3.05) is 7.05 Å². The van der Waals surface area contributed by atoms with Crippen LogP contribution in [0.25, 0.3) is 0 Å². The second-order valence-corrected chi connectivity index (χ2v) is 4.58. The maximum atomic E-state index is 5.72. The van der Waals surface area contributed by atoms with Crippen molar-refractivity contribution in [3.8, 4) is 5.75 Å². The zero-order valence-electron chi connectivity index (χ0n) is 9.27. The molecule has 0 aliphatic carbocycles. The van der Waals surface area contributed by atoms with E-state index in [0.717, 1.165) is 12.3 Å². The highest BCUT2D eigenvalue weighted by molar-refractivity contribution is 7.09. The second kappa shape index (κ2) is 5.68. The van der Waals surface area contributed by atoms with Crippen LogP contribution in [0.3, 0.4) is 0 Å². The summed E-state index contributed by atoms with van der Waals surface area (Å²) < 4.78 is 5.72. The smallest absolute Gasteiger partial charge is 0.122 e. The summed E-state index contributed by atoms with van der Waals surface area (Å²) in [6.45, 7) is 1.52. The van der Waals surface area contributed by atoms with Gasteiger partial charge in [0.1, 0.15) is 12.4 Å². The van der Waals surface area contributed by atoms with E-state index in [1.807, 2.05) is 25.2 Å². The summed E-state index contributed by atoms with van der Waals surface area (Å²) >= 11 is 1.72. The van der Waals surface area contributed by atoms with E-state index in [4.69, 9.17) is 4.74 Å². The van der Waals surface area contributed by atoms with Crippen LogP contribution in [-0.2, 0) is 13.2 Å². The van der Waals surface area contributed by atoms with Gasteiger partial charge in [-0.15, -0.1) is 11.3 Å². The largest absolute Gasteiger partial charge is 0.488 e. The van der Waals surface area contributed by atoms with Gasteiger partial charge >= 0.3 is 0 Å². The van der Waals surface area contributed by atoms with Gasteiger partial charge in [0.15, 0.2) is 0 Å². The molecule has 1 aromatic heterocycles. The van der Waals surface area contributed by atoms with Gasteiger partial charge in [0.25, 0.3) is 0 Å². The van der Waals surface area contributed by atoms with Crippen LogP contribution in [0.2, 0.25) is 0 Å². The van der Waals surface area contributed by atoms with Crippen molar-refractivity contribution in [3.63, 3.8) is 0 Å². The average Bonchev–Trinajstić information content (AvgIpc) is 2.80. The average molecular weight is 233 g/mol. The summed E-state index contributed by atoms with van der Waals surface area (Å²) in [6, 6.07) is 12.3. The van der Waals surface area contributed by atoms with Gasteiger partial charge in [0.05, 0.1) is 0 Å². The Morgan fingerprint density at radius 3 is 2.94 bits per heavy atom. The molecule has 1 aromatic carbocycles. The van der Waals surface area contributed by atoms with E-state index < -0.39 is 0 Å². The lowest BCUT2D eigenvalue weighted by atomic mass is 10.2. The standard InChI is InChI=1S/C13H15NOS/c1-14-9-11-4-2-5-12(8-11)15-10-13-6-3-7-16-13/h2-8,14H,9-10H2,1H3. The molecule has 0 aliphatic rings. The predicted molar refractivity (Wildman–Crippen MR) is 67.9 cm³/mol. The van der Waals surface area contributed by atoms with Crippen LogP contribution in [0.5, 0.6) is 5.75 Å². The molecule has 0 aliphatic heterocycles. The van der Waals surface area contributed by atoms with Crippen LogP contribution >= 0.6 is 11.3 Å². The third-order valence-electron chi connectivity index (χ3n) is 2.24. The molecule has 2 rings (SSSR count). The van der Waals surface area contributed by atoms with Crippen molar-refractivity contribution in [3.05, 3.63) is 52.2 Å². The molecule has 0 bridgehead atoms. The van der Waals surface area contributed by atoms with Gasteiger partial charge in [-0.25, -0.2) is 0 Å². The molecular weight excluding hydrogens is 218 g/mol. The summed E-state index contributed by atoms with van der Waals surface area (Å²) in [6.07, 6.45) is 0. The topological polar surface area (TPSA) is 21.3 Å². The minimum Gasteiger partial charge on any atom is -0.488 e. The number of nitrogens with one attached hydrogen (secondary N) is 1. The van der Waals surface area contributed by atoms with Crippen LogP contribution in [0.4, 0.5) is 0 Å². The Bertz CT molecular complexity index is 425. The van der Waals surface area contributed by atoms with Crippen molar-refractivity contribution in [1.82, 2.24) is 5.32 Å². The van der Waals surface area contributed by atoms with E-state index in [1.165, 1.54) is 10.4 Å². The Morgan fingerprint density at radius 2 is 2.19 bits per heavy atom. The van der Waals surface area contributed by atoms with Gasteiger partial charge in [-0.2, -0.15) is 0 Å². The molecule has 2 nitrogen and oxygen atoms in total. The van der Waals surface area contributed by atoms with Crippen molar-refractivity contribution in [2.45, 2.75) is 13.2 Å². The van der Waals surface area contributed by atoms with Crippen molar-refractivity contribution in [1.29, 1.82) is 0 Å². The lowest BCUT2D eigenvalue weighted by Crippen LogP contribution is -2.05. The minimum atomic E-state index is 0.653. The fourth-order valence-electron chi connectivity index (χ4n) is 1.50. The normalized spacial score (nSPS) is 10.3. The number of hydrogen-bond donors (Lipinski definition) is 1. The third-order valence-corrected chi connectivity index (χ3v) is 3.09. The van der Waals surface area contributed by atoms with Crippen LogP contribution in [0, 0.1) is 0 Å². The number of rotatable bonds is 5. The molecule has 1 heterocycles. The van der Waals surface area contributed by atoms with Gasteiger partial charge in [-0.3, -0.25) is 0 Å². The fourth-order valence-corrected chi connectivity index (χ4v) is 2.11. The molecule has 0 saturated carbocycles. The summed E-state index contributed by atoms with van der Waals surface area (Å²) in [5, 5.41) is 5.19. The summed E-state index contributed by atoms with van der Waals surface area (Å²) in [5.41, 5.74) is 1.24. The Hall–Kier alpha value is -1.32. The van der Waals surface area contributed by atoms with E-state index in [1.54, 1.807) is 11.3 Å². The first-order chi connectivity index (χ1) is 7.88. The van der Waals surface area contributed by atoms with Crippen LogP contribution in [0.15, 0.2) is 41.8 Å². The van der Waals surface area contributed by atoms with E-state index in [2.05, 4.69) is 28.9 Å². The molecule has 84 valence electrons. The first kappa shape index (κ1) is 11.2. The zero-order chi connectivity index (χ0) is 11.2. The Balaban J connectivity index is 1.96. The highest BCUT2D eigenvalue weighted by Gasteiger charge is 1.98. The predicted octanol–water partition coefficient (Wildman–Crippen LogP) is 3.05. The quantitative estimate of drug-likeness (QED) is 0.857.